The van der Waals surface area contributed by atoms with Gasteiger partial charge in [-0.3, -0.25) is 0 Å². The molecule has 0 bridgehead atoms. The number of fused-ring (bicyclic) bond motifs is 1. The van der Waals surface area contributed by atoms with Gasteiger partial charge in [0.2, 0.25) is 0 Å². The van der Waals surface area contributed by atoms with Crippen molar-refractivity contribution in [2.24, 2.45) is 0 Å². The maximum absolute atomic E-state index is 11.8. The van der Waals surface area contributed by atoms with Gasteiger partial charge >= 0.3 is 5.97 Å². The van der Waals surface area contributed by atoms with Crippen LogP contribution in [0.3, 0.4) is 0 Å². The zero-order valence-corrected chi connectivity index (χ0v) is 11.1. The second-order valence-electron chi connectivity index (χ2n) is 4.66. The third-order valence-corrected chi connectivity index (χ3v) is 3.03. The molecule has 18 heavy (non-hydrogen) atoms. The van der Waals surface area contributed by atoms with Gasteiger partial charge in [-0.05, 0) is 41.7 Å². The van der Waals surface area contributed by atoms with Crippen molar-refractivity contribution in [2.45, 2.75) is 26.7 Å². The Balaban J connectivity index is 2.53. The monoisotopic (exact) mass is 242 g/mol. The van der Waals surface area contributed by atoms with E-state index in [1.807, 2.05) is 37.3 Å². The summed E-state index contributed by atoms with van der Waals surface area (Å²) in [7, 11) is 0. The third kappa shape index (κ3) is 2.37. The first-order valence-corrected chi connectivity index (χ1v) is 6.33. The normalized spacial score (nSPS) is 10.9. The second-order valence-corrected chi connectivity index (χ2v) is 4.66. The van der Waals surface area contributed by atoms with E-state index in [1.165, 1.54) is 5.56 Å². The molecule has 0 radical (unpaired) electrons. The Morgan fingerprint density at radius 3 is 2.61 bits per heavy atom. The Labute approximate surface area is 108 Å². The molecule has 2 aliphatic carbocycles. The van der Waals surface area contributed by atoms with Crippen LogP contribution in [0.1, 0.15) is 42.6 Å². The fourth-order valence-corrected chi connectivity index (χ4v) is 2.16. The Bertz CT molecular complexity index is 529. The van der Waals surface area contributed by atoms with Crippen molar-refractivity contribution in [3.63, 3.8) is 0 Å². The molecule has 0 spiro atoms. The standard InChI is InChI=1S/C16H18O2/c1-4-18-16(17)13-9-12-7-5-6-8-14(11(2)3)15(12)10-13/h5-11H,4H2,1-3H3. The highest BCUT2D eigenvalue weighted by molar-refractivity contribution is 5.94. The lowest BCUT2D eigenvalue weighted by atomic mass is 9.98. The van der Waals surface area contributed by atoms with Gasteiger partial charge in [-0.2, -0.15) is 0 Å². The molecule has 0 fully saturated rings. The lowest BCUT2D eigenvalue weighted by Crippen LogP contribution is -2.02. The predicted octanol–water partition coefficient (Wildman–Crippen LogP) is 4.09. The van der Waals surface area contributed by atoms with E-state index < -0.39 is 0 Å². The molecular weight excluding hydrogens is 224 g/mol. The quantitative estimate of drug-likeness (QED) is 0.758. The van der Waals surface area contributed by atoms with Crippen molar-refractivity contribution in [2.75, 3.05) is 6.61 Å². The molecular formula is C16H18O2. The van der Waals surface area contributed by atoms with Gasteiger partial charge in [0.05, 0.1) is 12.2 Å². The Kier molecular flexibility index (Phi) is 3.66. The van der Waals surface area contributed by atoms with E-state index >= 15 is 0 Å². The molecule has 0 saturated carbocycles. The fourth-order valence-electron chi connectivity index (χ4n) is 2.16. The first kappa shape index (κ1) is 12.6. The topological polar surface area (TPSA) is 26.3 Å². The highest BCUT2D eigenvalue weighted by Crippen LogP contribution is 2.32. The van der Waals surface area contributed by atoms with Crippen LogP contribution in [0.5, 0.6) is 0 Å². The van der Waals surface area contributed by atoms with E-state index in [4.69, 9.17) is 4.74 Å². The van der Waals surface area contributed by atoms with Crippen LogP contribution in [0, 0.1) is 0 Å². The van der Waals surface area contributed by atoms with E-state index in [2.05, 4.69) is 19.9 Å². The summed E-state index contributed by atoms with van der Waals surface area (Å²) in [6.07, 6.45) is 0. The summed E-state index contributed by atoms with van der Waals surface area (Å²) < 4.78 is 5.04. The van der Waals surface area contributed by atoms with Crippen LogP contribution < -0.4 is 0 Å². The molecule has 0 aromatic heterocycles. The second kappa shape index (κ2) is 5.21. The molecule has 2 rings (SSSR count). The molecule has 0 heterocycles. The van der Waals surface area contributed by atoms with Crippen molar-refractivity contribution < 1.29 is 9.53 Å². The van der Waals surface area contributed by atoms with Crippen LogP contribution in [0.15, 0.2) is 36.4 Å². The van der Waals surface area contributed by atoms with E-state index in [0.29, 0.717) is 18.1 Å². The van der Waals surface area contributed by atoms with Crippen molar-refractivity contribution in [3.05, 3.63) is 47.5 Å². The van der Waals surface area contributed by atoms with Crippen LogP contribution >= 0.6 is 0 Å². The van der Waals surface area contributed by atoms with E-state index in [0.717, 1.165) is 11.1 Å². The molecule has 0 aliphatic heterocycles. The summed E-state index contributed by atoms with van der Waals surface area (Å²) in [5.41, 5.74) is 4.12. The first-order valence-electron chi connectivity index (χ1n) is 6.33. The molecule has 0 atom stereocenters. The smallest absolute Gasteiger partial charge is 0.338 e. The van der Waals surface area contributed by atoms with Gasteiger partial charge in [-0.1, -0.05) is 38.1 Å². The largest absolute Gasteiger partial charge is 0.462 e. The van der Waals surface area contributed by atoms with Gasteiger partial charge in [0, 0.05) is 0 Å². The highest BCUT2D eigenvalue weighted by atomic mass is 16.5. The zero-order chi connectivity index (χ0) is 13.1. The van der Waals surface area contributed by atoms with Crippen molar-refractivity contribution >= 4 is 5.97 Å². The summed E-state index contributed by atoms with van der Waals surface area (Å²) in [4.78, 5) is 11.8. The summed E-state index contributed by atoms with van der Waals surface area (Å²) in [6.45, 7) is 6.54. The van der Waals surface area contributed by atoms with Gasteiger partial charge < -0.3 is 4.74 Å². The van der Waals surface area contributed by atoms with Crippen molar-refractivity contribution in [3.8, 4) is 11.1 Å². The van der Waals surface area contributed by atoms with E-state index in [-0.39, 0.29) is 5.97 Å². The predicted molar refractivity (Wildman–Crippen MR) is 73.1 cm³/mol. The molecule has 0 aromatic carbocycles. The lowest BCUT2D eigenvalue weighted by Gasteiger charge is -2.06. The Hall–Kier alpha value is -1.83. The lowest BCUT2D eigenvalue weighted by molar-refractivity contribution is 0.0527. The van der Waals surface area contributed by atoms with Crippen LogP contribution in [0.25, 0.3) is 11.1 Å². The number of hydrogen-bond acceptors (Lipinski definition) is 2. The molecule has 94 valence electrons. The zero-order valence-electron chi connectivity index (χ0n) is 11.1. The SMILES string of the molecule is CCOC(=O)c1cc2ccccc(C(C)C)c-2c1. The number of carbonyl (C=O) groups excluding carboxylic acids is 1. The molecule has 2 heteroatoms. The summed E-state index contributed by atoms with van der Waals surface area (Å²) in [5, 5.41) is 0. The van der Waals surface area contributed by atoms with Gasteiger partial charge in [-0.15, -0.1) is 0 Å². The average molecular weight is 242 g/mol. The molecule has 2 nitrogen and oxygen atoms in total. The Morgan fingerprint density at radius 1 is 1.22 bits per heavy atom. The summed E-state index contributed by atoms with van der Waals surface area (Å²) in [5.74, 6) is 0.184. The van der Waals surface area contributed by atoms with Crippen LogP contribution in [-0.2, 0) is 4.74 Å². The van der Waals surface area contributed by atoms with E-state index in [9.17, 15) is 4.79 Å². The third-order valence-electron chi connectivity index (χ3n) is 3.03. The van der Waals surface area contributed by atoms with Gasteiger partial charge in [0.1, 0.15) is 0 Å². The maximum atomic E-state index is 11.8. The van der Waals surface area contributed by atoms with Crippen LogP contribution in [-0.4, -0.2) is 12.6 Å². The molecule has 0 unspecified atom stereocenters. The molecule has 0 amide bonds. The van der Waals surface area contributed by atoms with Gasteiger partial charge in [-0.25, -0.2) is 4.79 Å². The number of hydrogen-bond donors (Lipinski definition) is 0. The fraction of sp³-hybridized carbons (Fsp3) is 0.312. The number of esters is 1. The van der Waals surface area contributed by atoms with Crippen LogP contribution in [0.4, 0.5) is 0 Å². The average Bonchev–Trinajstić information content (AvgIpc) is 2.63. The first-order chi connectivity index (χ1) is 8.63. The number of ether oxygens (including phenoxy) is 1. The molecule has 0 N–H and O–H groups in total. The molecule has 0 saturated heterocycles. The minimum Gasteiger partial charge on any atom is -0.462 e. The van der Waals surface area contributed by atoms with Crippen molar-refractivity contribution in [1.82, 2.24) is 0 Å². The molecule has 2 aliphatic rings. The number of rotatable bonds is 3. The van der Waals surface area contributed by atoms with Gasteiger partial charge in [0.15, 0.2) is 0 Å². The van der Waals surface area contributed by atoms with Crippen molar-refractivity contribution in [1.29, 1.82) is 0 Å². The highest BCUT2D eigenvalue weighted by Gasteiger charge is 2.16. The van der Waals surface area contributed by atoms with Gasteiger partial charge in [0.25, 0.3) is 0 Å². The summed E-state index contributed by atoms with van der Waals surface area (Å²) >= 11 is 0. The molecule has 0 aromatic rings. The summed E-state index contributed by atoms with van der Waals surface area (Å²) in [6, 6.07) is 12.0. The Morgan fingerprint density at radius 2 is 1.94 bits per heavy atom. The minimum absolute atomic E-state index is 0.244. The minimum atomic E-state index is -0.244. The van der Waals surface area contributed by atoms with E-state index in [1.54, 1.807) is 0 Å². The maximum Gasteiger partial charge on any atom is 0.338 e. The van der Waals surface area contributed by atoms with Crippen LogP contribution in [0.2, 0.25) is 0 Å². The number of carbonyl (C=O) groups is 1.